The monoisotopic (exact) mass is 305 g/mol. The molecule has 0 aromatic carbocycles. The van der Waals surface area contributed by atoms with Crippen LogP contribution in [0.15, 0.2) is 40.0 Å². The Labute approximate surface area is 127 Å². The lowest BCUT2D eigenvalue weighted by Crippen LogP contribution is -2.38. The van der Waals surface area contributed by atoms with Gasteiger partial charge in [-0.3, -0.25) is 15.0 Å². The Hall–Kier alpha value is -2.61. The molecular formula is C14H19N5O3. The summed E-state index contributed by atoms with van der Waals surface area (Å²) in [5.41, 5.74) is -0.368. The topological polar surface area (TPSA) is 92.4 Å². The van der Waals surface area contributed by atoms with Gasteiger partial charge in [0, 0.05) is 26.0 Å². The van der Waals surface area contributed by atoms with E-state index >= 15 is 0 Å². The van der Waals surface area contributed by atoms with Crippen molar-refractivity contribution in [3.05, 3.63) is 46.9 Å². The van der Waals surface area contributed by atoms with Crippen LogP contribution in [-0.4, -0.2) is 41.1 Å². The number of amides is 2. The number of rotatable bonds is 5. The van der Waals surface area contributed by atoms with Crippen LogP contribution in [-0.2, 0) is 7.05 Å². The molecular weight excluding hydrogens is 286 g/mol. The second-order valence-corrected chi connectivity index (χ2v) is 5.02. The summed E-state index contributed by atoms with van der Waals surface area (Å²) < 4.78 is 6.70. The normalized spacial score (nSPS) is 12.2. The molecule has 2 rings (SSSR count). The number of carbonyl (C=O) groups is 1. The van der Waals surface area contributed by atoms with Crippen molar-refractivity contribution in [1.82, 2.24) is 19.8 Å². The van der Waals surface area contributed by atoms with Gasteiger partial charge in [-0.1, -0.05) is 0 Å². The van der Waals surface area contributed by atoms with Crippen LogP contribution in [0.2, 0.25) is 0 Å². The zero-order valence-electron chi connectivity index (χ0n) is 12.7. The van der Waals surface area contributed by atoms with E-state index in [1.807, 2.05) is 25.1 Å². The van der Waals surface area contributed by atoms with Crippen LogP contribution in [0.25, 0.3) is 0 Å². The molecule has 0 aliphatic carbocycles. The Balaban J connectivity index is 1.97. The van der Waals surface area contributed by atoms with Crippen molar-refractivity contribution in [2.75, 3.05) is 26.0 Å². The second kappa shape index (κ2) is 6.90. The van der Waals surface area contributed by atoms with Crippen molar-refractivity contribution in [2.45, 2.75) is 6.04 Å². The average molecular weight is 305 g/mol. The highest BCUT2D eigenvalue weighted by molar-refractivity contribution is 5.87. The van der Waals surface area contributed by atoms with Gasteiger partial charge in [-0.15, -0.1) is 0 Å². The summed E-state index contributed by atoms with van der Waals surface area (Å²) in [6.45, 7) is 0.333. The molecule has 2 aromatic rings. The summed E-state index contributed by atoms with van der Waals surface area (Å²) in [5, 5.41) is 5.15. The third-order valence-corrected chi connectivity index (χ3v) is 3.20. The van der Waals surface area contributed by atoms with Gasteiger partial charge in [0.05, 0.1) is 12.3 Å². The van der Waals surface area contributed by atoms with Crippen LogP contribution in [0.5, 0.6) is 0 Å². The fourth-order valence-electron chi connectivity index (χ4n) is 1.94. The quantitative estimate of drug-likeness (QED) is 0.852. The molecule has 0 fully saturated rings. The Morgan fingerprint density at radius 2 is 2.27 bits per heavy atom. The third-order valence-electron chi connectivity index (χ3n) is 3.20. The van der Waals surface area contributed by atoms with E-state index in [1.165, 1.54) is 17.0 Å². The lowest BCUT2D eigenvalue weighted by atomic mass is 10.2. The number of nitrogens with one attached hydrogen (secondary N) is 2. The summed E-state index contributed by atoms with van der Waals surface area (Å²) in [5.74, 6) is 0.737. The molecule has 8 heteroatoms. The van der Waals surface area contributed by atoms with E-state index in [-0.39, 0.29) is 17.4 Å². The van der Waals surface area contributed by atoms with Gasteiger partial charge < -0.3 is 14.3 Å². The molecule has 1 atom stereocenters. The van der Waals surface area contributed by atoms with E-state index in [0.717, 1.165) is 5.76 Å². The molecule has 0 aliphatic rings. The molecule has 2 N–H and O–H groups in total. The predicted octanol–water partition coefficient (Wildman–Crippen LogP) is 0.798. The SMILES string of the molecule is CN(C)C(CNC(=O)Nc1nccn(C)c1=O)c1ccco1. The molecule has 2 heterocycles. The summed E-state index contributed by atoms with van der Waals surface area (Å²) in [7, 11) is 5.37. The molecule has 0 saturated heterocycles. The number of carbonyl (C=O) groups excluding carboxylic acids is 1. The van der Waals surface area contributed by atoms with Gasteiger partial charge >= 0.3 is 6.03 Å². The van der Waals surface area contributed by atoms with Crippen molar-refractivity contribution in [1.29, 1.82) is 0 Å². The van der Waals surface area contributed by atoms with Crippen LogP contribution < -0.4 is 16.2 Å². The third kappa shape index (κ3) is 3.73. The van der Waals surface area contributed by atoms with Gasteiger partial charge in [0.1, 0.15) is 5.76 Å². The number of urea groups is 1. The minimum absolute atomic E-state index is 0.0121. The smallest absolute Gasteiger partial charge is 0.320 e. The van der Waals surface area contributed by atoms with Crippen molar-refractivity contribution in [2.24, 2.45) is 7.05 Å². The highest BCUT2D eigenvalue weighted by Crippen LogP contribution is 2.17. The first-order chi connectivity index (χ1) is 10.5. The average Bonchev–Trinajstić information content (AvgIpc) is 2.98. The van der Waals surface area contributed by atoms with Crippen molar-refractivity contribution >= 4 is 11.8 Å². The zero-order valence-corrected chi connectivity index (χ0v) is 12.7. The number of likely N-dealkylation sites (N-methyl/N-ethyl adjacent to an activating group) is 1. The molecule has 0 bridgehead atoms. The van der Waals surface area contributed by atoms with Crippen LogP contribution >= 0.6 is 0 Å². The van der Waals surface area contributed by atoms with Gasteiger partial charge in [-0.05, 0) is 26.2 Å². The van der Waals surface area contributed by atoms with E-state index in [9.17, 15) is 9.59 Å². The fourth-order valence-corrected chi connectivity index (χ4v) is 1.94. The number of aryl methyl sites for hydroxylation is 1. The van der Waals surface area contributed by atoms with Gasteiger partial charge in [-0.2, -0.15) is 0 Å². The molecule has 1 unspecified atom stereocenters. The van der Waals surface area contributed by atoms with Crippen LogP contribution in [0.4, 0.5) is 10.6 Å². The maximum Gasteiger partial charge on any atom is 0.320 e. The minimum Gasteiger partial charge on any atom is -0.468 e. The number of aromatic nitrogens is 2. The Bertz CT molecular complexity index is 678. The Morgan fingerprint density at radius 1 is 1.50 bits per heavy atom. The van der Waals surface area contributed by atoms with Gasteiger partial charge in [0.15, 0.2) is 0 Å². The molecule has 0 radical (unpaired) electrons. The summed E-state index contributed by atoms with van der Waals surface area (Å²) >= 11 is 0. The van der Waals surface area contributed by atoms with E-state index in [2.05, 4.69) is 15.6 Å². The highest BCUT2D eigenvalue weighted by atomic mass is 16.3. The molecule has 8 nitrogen and oxygen atoms in total. The maximum absolute atomic E-state index is 11.9. The fraction of sp³-hybridized carbons (Fsp3) is 0.357. The molecule has 0 spiro atoms. The second-order valence-electron chi connectivity index (χ2n) is 5.02. The van der Waals surface area contributed by atoms with E-state index in [4.69, 9.17) is 4.42 Å². The van der Waals surface area contributed by atoms with Gasteiger partial charge in [-0.25, -0.2) is 9.78 Å². The Kier molecular flexibility index (Phi) is 4.95. The van der Waals surface area contributed by atoms with Gasteiger partial charge in [0.25, 0.3) is 5.56 Å². The van der Waals surface area contributed by atoms with E-state index in [0.29, 0.717) is 6.54 Å². The number of furan rings is 1. The highest BCUT2D eigenvalue weighted by Gasteiger charge is 2.18. The zero-order chi connectivity index (χ0) is 16.1. The van der Waals surface area contributed by atoms with Gasteiger partial charge in [0.2, 0.25) is 5.82 Å². The lowest BCUT2D eigenvalue weighted by molar-refractivity contribution is 0.233. The van der Waals surface area contributed by atoms with Crippen LogP contribution in [0.3, 0.4) is 0 Å². The Morgan fingerprint density at radius 3 is 2.91 bits per heavy atom. The molecule has 22 heavy (non-hydrogen) atoms. The largest absolute Gasteiger partial charge is 0.468 e. The molecule has 2 amide bonds. The first kappa shape index (κ1) is 15.8. The maximum atomic E-state index is 11.9. The van der Waals surface area contributed by atoms with Crippen LogP contribution in [0.1, 0.15) is 11.8 Å². The van der Waals surface area contributed by atoms with Crippen molar-refractivity contribution in [3.63, 3.8) is 0 Å². The van der Waals surface area contributed by atoms with Crippen molar-refractivity contribution < 1.29 is 9.21 Å². The predicted molar refractivity (Wildman–Crippen MR) is 81.6 cm³/mol. The standard InChI is InChI=1S/C14H19N5O3/c1-18(2)10(11-5-4-8-22-11)9-16-14(21)17-12-13(20)19(3)7-6-15-12/h4-8,10H,9H2,1-3H3,(H2,15,16,17,21). The number of hydrogen-bond donors (Lipinski definition) is 2. The minimum atomic E-state index is -0.491. The summed E-state index contributed by atoms with van der Waals surface area (Å²) in [6.07, 6.45) is 4.55. The summed E-state index contributed by atoms with van der Waals surface area (Å²) in [6, 6.07) is 3.05. The number of hydrogen-bond acceptors (Lipinski definition) is 5. The van der Waals surface area contributed by atoms with Crippen LogP contribution in [0, 0.1) is 0 Å². The van der Waals surface area contributed by atoms with E-state index in [1.54, 1.807) is 19.4 Å². The molecule has 2 aromatic heterocycles. The number of nitrogens with zero attached hydrogens (tertiary/aromatic N) is 3. The number of anilines is 1. The van der Waals surface area contributed by atoms with E-state index < -0.39 is 6.03 Å². The first-order valence-electron chi connectivity index (χ1n) is 6.75. The van der Waals surface area contributed by atoms with Crippen molar-refractivity contribution in [3.8, 4) is 0 Å². The summed E-state index contributed by atoms with van der Waals surface area (Å²) in [4.78, 5) is 29.5. The first-order valence-corrected chi connectivity index (χ1v) is 6.75. The lowest BCUT2D eigenvalue weighted by Gasteiger charge is -2.22. The molecule has 0 aliphatic heterocycles. The molecule has 0 saturated carbocycles. The molecule has 118 valence electrons.